The van der Waals surface area contributed by atoms with Crippen LogP contribution in [0, 0.1) is 0 Å². The first-order valence-corrected chi connectivity index (χ1v) is 9.75. The van der Waals surface area contributed by atoms with Crippen LogP contribution in [0.3, 0.4) is 0 Å². The number of carbonyl (C=O) groups is 2. The largest absolute Gasteiger partial charge is 0.452 e. The maximum absolute atomic E-state index is 12.7. The number of para-hydroxylation sites is 1. The van der Waals surface area contributed by atoms with E-state index in [1.807, 2.05) is 67.6 Å². The fourth-order valence-electron chi connectivity index (χ4n) is 3.08. The Morgan fingerprint density at radius 2 is 1.72 bits per heavy atom. The summed E-state index contributed by atoms with van der Waals surface area (Å²) in [5.41, 5.74) is 2.46. The lowest BCUT2D eigenvalue weighted by Crippen LogP contribution is -2.35. The molecule has 150 valence electrons. The predicted molar refractivity (Wildman–Crippen MR) is 112 cm³/mol. The summed E-state index contributed by atoms with van der Waals surface area (Å²) in [5.74, 6) is -0.889. The lowest BCUT2D eigenvalue weighted by atomic mass is 10.1. The summed E-state index contributed by atoms with van der Waals surface area (Å²) in [6.07, 6.45) is 3.49. The summed E-state index contributed by atoms with van der Waals surface area (Å²) < 4.78 is 6.92. The summed E-state index contributed by atoms with van der Waals surface area (Å²) in [5, 5.41) is 7.41. The molecule has 0 fully saturated rings. The van der Waals surface area contributed by atoms with Crippen molar-refractivity contribution in [2.45, 2.75) is 32.7 Å². The zero-order valence-electron chi connectivity index (χ0n) is 16.7. The molecule has 1 atom stereocenters. The summed E-state index contributed by atoms with van der Waals surface area (Å²) in [7, 11) is 0. The van der Waals surface area contributed by atoms with Crippen LogP contribution in [-0.2, 0) is 9.53 Å². The maximum Gasteiger partial charge on any atom is 0.342 e. The Morgan fingerprint density at radius 3 is 2.38 bits per heavy atom. The highest BCUT2D eigenvalue weighted by Crippen LogP contribution is 2.24. The van der Waals surface area contributed by atoms with Gasteiger partial charge < -0.3 is 10.1 Å². The van der Waals surface area contributed by atoms with Crippen LogP contribution in [0.1, 0.15) is 37.0 Å². The van der Waals surface area contributed by atoms with Crippen molar-refractivity contribution in [1.82, 2.24) is 15.1 Å². The Morgan fingerprint density at radius 1 is 1.07 bits per heavy atom. The Kier molecular flexibility index (Phi) is 6.79. The molecular weight excluding hydrogens is 366 g/mol. The molecule has 3 aromatic rings. The fourth-order valence-corrected chi connectivity index (χ4v) is 3.08. The van der Waals surface area contributed by atoms with E-state index in [4.69, 9.17) is 4.74 Å². The fraction of sp³-hybridized carbons (Fsp3) is 0.261. The molecule has 0 aliphatic carbocycles. The van der Waals surface area contributed by atoms with E-state index in [-0.39, 0.29) is 18.6 Å². The first-order valence-electron chi connectivity index (χ1n) is 9.75. The van der Waals surface area contributed by atoms with Crippen molar-refractivity contribution >= 4 is 11.9 Å². The zero-order chi connectivity index (χ0) is 20.6. The molecule has 1 aromatic heterocycles. The molecular formula is C23H25N3O3. The van der Waals surface area contributed by atoms with E-state index in [9.17, 15) is 9.59 Å². The molecule has 0 saturated carbocycles. The van der Waals surface area contributed by atoms with Gasteiger partial charge in [-0.05, 0) is 25.5 Å². The minimum atomic E-state index is -0.579. The van der Waals surface area contributed by atoms with E-state index >= 15 is 0 Å². The van der Waals surface area contributed by atoms with Gasteiger partial charge in [-0.15, -0.1) is 0 Å². The van der Waals surface area contributed by atoms with Gasteiger partial charge in [-0.1, -0.05) is 61.9 Å². The van der Waals surface area contributed by atoms with Gasteiger partial charge in [-0.2, -0.15) is 5.10 Å². The van der Waals surface area contributed by atoms with E-state index < -0.39 is 5.97 Å². The quantitative estimate of drug-likeness (QED) is 0.589. The number of hydrogen-bond acceptors (Lipinski definition) is 4. The van der Waals surface area contributed by atoms with Crippen LogP contribution in [0.5, 0.6) is 0 Å². The molecule has 6 nitrogen and oxygen atoms in total. The van der Waals surface area contributed by atoms with Crippen molar-refractivity contribution in [2.24, 2.45) is 0 Å². The third kappa shape index (κ3) is 5.31. The molecule has 3 rings (SSSR count). The third-order valence-electron chi connectivity index (χ3n) is 4.47. The Balaban J connectivity index is 1.80. The lowest BCUT2D eigenvalue weighted by Gasteiger charge is -2.12. The molecule has 0 bridgehead atoms. The Labute approximate surface area is 170 Å². The first kappa shape index (κ1) is 20.3. The molecule has 6 heteroatoms. The van der Waals surface area contributed by atoms with Crippen molar-refractivity contribution in [3.05, 3.63) is 72.4 Å². The van der Waals surface area contributed by atoms with Gasteiger partial charge in [0.05, 0.1) is 5.69 Å². The SMILES string of the molecule is CCC[C@H](C)NC(=O)COC(=O)c1cn(-c2ccccc2)nc1-c1ccccc1. The van der Waals surface area contributed by atoms with Crippen molar-refractivity contribution in [3.63, 3.8) is 0 Å². The number of carbonyl (C=O) groups excluding carboxylic acids is 2. The molecule has 2 aromatic carbocycles. The minimum absolute atomic E-state index is 0.0481. The average Bonchev–Trinajstić information content (AvgIpc) is 3.19. The van der Waals surface area contributed by atoms with Crippen molar-refractivity contribution in [2.75, 3.05) is 6.61 Å². The number of esters is 1. The van der Waals surface area contributed by atoms with Crippen LogP contribution < -0.4 is 5.32 Å². The highest BCUT2D eigenvalue weighted by molar-refractivity contribution is 5.97. The van der Waals surface area contributed by atoms with Crippen LogP contribution in [0.15, 0.2) is 66.9 Å². The van der Waals surface area contributed by atoms with Crippen LogP contribution in [0.4, 0.5) is 0 Å². The van der Waals surface area contributed by atoms with E-state index in [0.717, 1.165) is 24.1 Å². The number of amides is 1. The molecule has 1 N–H and O–H groups in total. The van der Waals surface area contributed by atoms with E-state index in [1.54, 1.807) is 10.9 Å². The van der Waals surface area contributed by atoms with Gasteiger partial charge in [-0.3, -0.25) is 4.79 Å². The van der Waals surface area contributed by atoms with Gasteiger partial charge in [-0.25, -0.2) is 9.48 Å². The van der Waals surface area contributed by atoms with E-state index in [0.29, 0.717) is 11.3 Å². The molecule has 1 amide bonds. The number of rotatable bonds is 8. The number of nitrogens with zero attached hydrogens (tertiary/aromatic N) is 2. The van der Waals surface area contributed by atoms with Crippen molar-refractivity contribution in [3.8, 4) is 16.9 Å². The van der Waals surface area contributed by atoms with Gasteiger partial charge in [0.2, 0.25) is 0 Å². The number of benzene rings is 2. The smallest absolute Gasteiger partial charge is 0.342 e. The standard InChI is InChI=1S/C23H25N3O3/c1-3-10-17(2)24-21(27)16-29-23(28)20-15-26(19-13-8-5-9-14-19)25-22(20)18-11-6-4-7-12-18/h4-9,11-15,17H,3,10,16H2,1-2H3,(H,24,27)/t17-/m0/s1. The molecule has 0 aliphatic heterocycles. The van der Waals surface area contributed by atoms with Gasteiger partial charge in [0.15, 0.2) is 6.61 Å². The van der Waals surface area contributed by atoms with Gasteiger partial charge in [0, 0.05) is 17.8 Å². The number of ether oxygens (including phenoxy) is 1. The zero-order valence-corrected chi connectivity index (χ0v) is 16.7. The minimum Gasteiger partial charge on any atom is -0.452 e. The lowest BCUT2D eigenvalue weighted by molar-refractivity contribution is -0.124. The topological polar surface area (TPSA) is 73.2 Å². The van der Waals surface area contributed by atoms with E-state index in [1.165, 1.54) is 0 Å². The van der Waals surface area contributed by atoms with Crippen LogP contribution in [-0.4, -0.2) is 34.3 Å². The second kappa shape index (κ2) is 9.68. The highest BCUT2D eigenvalue weighted by atomic mass is 16.5. The summed E-state index contributed by atoms with van der Waals surface area (Å²) >= 11 is 0. The van der Waals surface area contributed by atoms with Gasteiger partial charge >= 0.3 is 5.97 Å². The molecule has 1 heterocycles. The second-order valence-electron chi connectivity index (χ2n) is 6.87. The number of aromatic nitrogens is 2. The Hall–Kier alpha value is -3.41. The molecule has 0 unspecified atom stereocenters. The average molecular weight is 391 g/mol. The first-order chi connectivity index (χ1) is 14.1. The normalized spacial score (nSPS) is 11.7. The van der Waals surface area contributed by atoms with Crippen LogP contribution in [0.2, 0.25) is 0 Å². The number of nitrogens with one attached hydrogen (secondary N) is 1. The molecule has 29 heavy (non-hydrogen) atoms. The van der Waals surface area contributed by atoms with Crippen LogP contribution >= 0.6 is 0 Å². The second-order valence-corrected chi connectivity index (χ2v) is 6.87. The summed E-state index contributed by atoms with van der Waals surface area (Å²) in [6, 6.07) is 19.0. The van der Waals surface area contributed by atoms with E-state index in [2.05, 4.69) is 17.3 Å². The molecule has 0 saturated heterocycles. The summed E-state index contributed by atoms with van der Waals surface area (Å²) in [4.78, 5) is 24.8. The highest BCUT2D eigenvalue weighted by Gasteiger charge is 2.21. The molecule has 0 spiro atoms. The Bertz CT molecular complexity index is 952. The van der Waals surface area contributed by atoms with Crippen molar-refractivity contribution in [1.29, 1.82) is 0 Å². The molecule has 0 radical (unpaired) electrons. The monoisotopic (exact) mass is 391 g/mol. The maximum atomic E-state index is 12.7. The van der Waals surface area contributed by atoms with Crippen molar-refractivity contribution < 1.29 is 14.3 Å². The van der Waals surface area contributed by atoms with Gasteiger partial charge in [0.25, 0.3) is 5.91 Å². The van der Waals surface area contributed by atoms with Gasteiger partial charge in [0.1, 0.15) is 11.3 Å². The molecule has 0 aliphatic rings. The third-order valence-corrected chi connectivity index (χ3v) is 4.47. The van der Waals surface area contributed by atoms with Crippen LogP contribution in [0.25, 0.3) is 16.9 Å². The predicted octanol–water partition coefficient (Wildman–Crippen LogP) is 4.00. The summed E-state index contributed by atoms with van der Waals surface area (Å²) in [6.45, 7) is 3.66. The number of hydrogen-bond donors (Lipinski definition) is 1.